The third-order valence-electron chi connectivity index (χ3n) is 5.49. The van der Waals surface area contributed by atoms with Crippen molar-refractivity contribution in [2.45, 2.75) is 72.0 Å². The van der Waals surface area contributed by atoms with Crippen molar-refractivity contribution < 1.29 is 14.3 Å². The van der Waals surface area contributed by atoms with Crippen LogP contribution in [-0.4, -0.2) is 35.4 Å². The van der Waals surface area contributed by atoms with Gasteiger partial charge in [-0.3, -0.25) is 9.59 Å². The Morgan fingerprint density at radius 1 is 1.09 bits per heavy atom. The average Bonchev–Trinajstić information content (AvgIpc) is 2.75. The van der Waals surface area contributed by atoms with Crippen LogP contribution in [-0.2, 0) is 21.5 Å². The van der Waals surface area contributed by atoms with Gasteiger partial charge in [0.1, 0.15) is 11.8 Å². The molecule has 32 heavy (non-hydrogen) atoms. The molecule has 2 rings (SSSR count). The quantitative estimate of drug-likeness (QED) is 0.495. The fourth-order valence-electron chi connectivity index (χ4n) is 3.16. The van der Waals surface area contributed by atoms with Crippen LogP contribution < -0.4 is 10.1 Å². The summed E-state index contributed by atoms with van der Waals surface area (Å²) in [4.78, 5) is 27.5. The number of hydrogen-bond acceptors (Lipinski definition) is 3. The van der Waals surface area contributed by atoms with Crippen molar-refractivity contribution in [3.05, 3.63) is 64.1 Å². The molecule has 0 aliphatic rings. The normalized spacial score (nSPS) is 13.2. The lowest BCUT2D eigenvalue weighted by molar-refractivity contribution is -0.142. The first kappa shape index (κ1) is 25.9. The third kappa shape index (κ3) is 7.66. The minimum Gasteiger partial charge on any atom is -0.484 e. The molecule has 0 unspecified atom stereocenters. The molecule has 0 bridgehead atoms. The van der Waals surface area contributed by atoms with Gasteiger partial charge >= 0.3 is 0 Å². The Morgan fingerprint density at radius 2 is 1.75 bits per heavy atom. The van der Waals surface area contributed by atoms with E-state index in [2.05, 4.69) is 42.0 Å². The van der Waals surface area contributed by atoms with E-state index in [1.807, 2.05) is 62.4 Å². The first-order valence-electron chi connectivity index (χ1n) is 11.1. The molecule has 0 heterocycles. The molecule has 0 radical (unpaired) electrons. The van der Waals surface area contributed by atoms with Gasteiger partial charge in [0, 0.05) is 17.1 Å². The van der Waals surface area contributed by atoms with Crippen molar-refractivity contribution in [2.24, 2.45) is 0 Å². The van der Waals surface area contributed by atoms with Gasteiger partial charge in [-0.15, -0.1) is 0 Å². The van der Waals surface area contributed by atoms with Gasteiger partial charge in [-0.25, -0.2) is 0 Å². The Balaban J connectivity index is 2.14. The first-order valence-corrected chi connectivity index (χ1v) is 11.9. The zero-order valence-electron chi connectivity index (χ0n) is 19.9. The molecule has 0 aliphatic carbocycles. The van der Waals surface area contributed by atoms with Crippen LogP contribution in [0, 0.1) is 0 Å². The van der Waals surface area contributed by atoms with E-state index in [4.69, 9.17) is 4.74 Å². The summed E-state index contributed by atoms with van der Waals surface area (Å²) >= 11 is 3.47. The highest BCUT2D eigenvalue weighted by atomic mass is 79.9. The Bertz CT molecular complexity index is 906. The lowest BCUT2D eigenvalue weighted by Crippen LogP contribution is -2.50. The van der Waals surface area contributed by atoms with Gasteiger partial charge in [0.25, 0.3) is 5.91 Å². The van der Waals surface area contributed by atoms with Crippen LogP contribution in [0.4, 0.5) is 0 Å². The van der Waals surface area contributed by atoms with Crippen LogP contribution in [0.2, 0.25) is 0 Å². The second-order valence-corrected chi connectivity index (χ2v) is 10.1. The standard InChI is InChI=1S/C26H35BrN2O3/c1-7-18(2)28-25(31)19(3)29(16-20-9-8-10-22(27)15-20)24(30)17-32-23-13-11-21(12-14-23)26(4,5)6/h8-15,18-19H,7,16-17H2,1-6H3,(H,28,31)/t18-,19+/m0/s1. The molecule has 2 aromatic rings. The molecule has 6 heteroatoms. The number of nitrogens with zero attached hydrogens (tertiary/aromatic N) is 1. The van der Waals surface area contributed by atoms with Crippen molar-refractivity contribution in [2.75, 3.05) is 6.61 Å². The maximum atomic E-state index is 13.1. The summed E-state index contributed by atoms with van der Waals surface area (Å²) in [5.74, 6) is 0.222. The first-order chi connectivity index (χ1) is 15.0. The molecule has 1 N–H and O–H groups in total. The van der Waals surface area contributed by atoms with E-state index < -0.39 is 6.04 Å². The summed E-state index contributed by atoms with van der Waals surface area (Å²) in [7, 11) is 0. The van der Waals surface area contributed by atoms with E-state index in [9.17, 15) is 9.59 Å². The number of amides is 2. The number of ether oxygens (including phenoxy) is 1. The highest BCUT2D eigenvalue weighted by Gasteiger charge is 2.27. The van der Waals surface area contributed by atoms with Crippen LogP contribution in [0.15, 0.2) is 53.0 Å². The number of benzene rings is 2. The zero-order chi connectivity index (χ0) is 23.9. The zero-order valence-corrected chi connectivity index (χ0v) is 21.5. The number of nitrogens with one attached hydrogen (secondary N) is 1. The number of carbonyl (C=O) groups is 2. The Hall–Kier alpha value is -2.34. The molecule has 0 aliphatic heterocycles. The van der Waals surface area contributed by atoms with E-state index in [-0.39, 0.29) is 29.9 Å². The molecule has 2 amide bonds. The number of rotatable bonds is 9. The molecule has 174 valence electrons. The molecule has 0 saturated heterocycles. The Kier molecular flexibility index (Phi) is 9.32. The second-order valence-electron chi connectivity index (χ2n) is 9.21. The van der Waals surface area contributed by atoms with Gasteiger partial charge in [0.15, 0.2) is 6.61 Å². The Labute approximate surface area is 200 Å². The maximum Gasteiger partial charge on any atom is 0.261 e. The highest BCUT2D eigenvalue weighted by molar-refractivity contribution is 9.10. The van der Waals surface area contributed by atoms with Crippen LogP contribution in [0.3, 0.4) is 0 Å². The summed E-state index contributed by atoms with van der Waals surface area (Å²) in [5, 5.41) is 2.97. The highest BCUT2D eigenvalue weighted by Crippen LogP contribution is 2.24. The van der Waals surface area contributed by atoms with E-state index in [1.54, 1.807) is 11.8 Å². The summed E-state index contributed by atoms with van der Waals surface area (Å²) in [5.41, 5.74) is 2.18. The topological polar surface area (TPSA) is 58.6 Å². The predicted molar refractivity (Wildman–Crippen MR) is 133 cm³/mol. The van der Waals surface area contributed by atoms with Crippen molar-refractivity contribution >= 4 is 27.7 Å². The van der Waals surface area contributed by atoms with Crippen LogP contribution in [0.1, 0.15) is 59.1 Å². The monoisotopic (exact) mass is 502 g/mol. The van der Waals surface area contributed by atoms with Gasteiger partial charge in [-0.05, 0) is 61.1 Å². The second kappa shape index (κ2) is 11.5. The molecule has 2 atom stereocenters. The largest absolute Gasteiger partial charge is 0.484 e. The smallest absolute Gasteiger partial charge is 0.261 e. The van der Waals surface area contributed by atoms with Crippen molar-refractivity contribution in [3.63, 3.8) is 0 Å². The summed E-state index contributed by atoms with van der Waals surface area (Å²) in [6, 6.07) is 15.0. The molecule has 0 aromatic heterocycles. The minimum atomic E-state index is -0.623. The van der Waals surface area contributed by atoms with Crippen molar-refractivity contribution in [1.82, 2.24) is 10.2 Å². The fraction of sp³-hybridized carbons (Fsp3) is 0.462. The number of hydrogen-bond donors (Lipinski definition) is 1. The van der Waals surface area contributed by atoms with E-state index in [0.717, 1.165) is 16.5 Å². The fourth-order valence-corrected chi connectivity index (χ4v) is 3.61. The molecule has 0 saturated carbocycles. The van der Waals surface area contributed by atoms with E-state index >= 15 is 0 Å². The molecular formula is C26H35BrN2O3. The molecule has 2 aromatic carbocycles. The van der Waals surface area contributed by atoms with E-state index in [1.165, 1.54) is 5.56 Å². The third-order valence-corrected chi connectivity index (χ3v) is 5.99. The number of carbonyl (C=O) groups excluding carboxylic acids is 2. The van der Waals surface area contributed by atoms with Gasteiger partial charge < -0.3 is 15.0 Å². The predicted octanol–water partition coefficient (Wildman–Crippen LogP) is 5.46. The SMILES string of the molecule is CC[C@H](C)NC(=O)[C@@H](C)N(Cc1cccc(Br)c1)C(=O)COc1ccc(C(C)(C)C)cc1. The number of halogens is 1. The summed E-state index contributed by atoms with van der Waals surface area (Å²) in [6.45, 7) is 12.4. The van der Waals surface area contributed by atoms with Gasteiger partial charge in [0.2, 0.25) is 5.91 Å². The van der Waals surface area contributed by atoms with Crippen molar-refractivity contribution in [1.29, 1.82) is 0 Å². The van der Waals surface area contributed by atoms with Crippen molar-refractivity contribution in [3.8, 4) is 5.75 Å². The Morgan fingerprint density at radius 3 is 2.31 bits per heavy atom. The molecule has 5 nitrogen and oxygen atoms in total. The summed E-state index contributed by atoms with van der Waals surface area (Å²) in [6.07, 6.45) is 0.825. The average molecular weight is 503 g/mol. The van der Waals surface area contributed by atoms with Crippen LogP contribution in [0.5, 0.6) is 5.75 Å². The van der Waals surface area contributed by atoms with Gasteiger partial charge in [0.05, 0.1) is 0 Å². The molecular weight excluding hydrogens is 468 g/mol. The van der Waals surface area contributed by atoms with Gasteiger partial charge in [-0.1, -0.05) is 67.9 Å². The molecule has 0 fully saturated rings. The maximum absolute atomic E-state index is 13.1. The van der Waals surface area contributed by atoms with Crippen LogP contribution in [0.25, 0.3) is 0 Å². The minimum absolute atomic E-state index is 0.0466. The van der Waals surface area contributed by atoms with Crippen LogP contribution >= 0.6 is 15.9 Å². The summed E-state index contributed by atoms with van der Waals surface area (Å²) < 4.78 is 6.70. The lowest BCUT2D eigenvalue weighted by Gasteiger charge is -2.29. The lowest BCUT2D eigenvalue weighted by atomic mass is 9.87. The van der Waals surface area contributed by atoms with Gasteiger partial charge in [-0.2, -0.15) is 0 Å². The van der Waals surface area contributed by atoms with E-state index in [0.29, 0.717) is 12.3 Å². The molecule has 0 spiro atoms.